The summed E-state index contributed by atoms with van der Waals surface area (Å²) in [6.07, 6.45) is 0. The van der Waals surface area contributed by atoms with Crippen molar-refractivity contribution in [3.05, 3.63) is 77.6 Å². The zero-order valence-electron chi connectivity index (χ0n) is 13.0. The zero-order valence-corrected chi connectivity index (χ0v) is 13.7. The van der Waals surface area contributed by atoms with Crippen LogP contribution in [0.3, 0.4) is 0 Å². The molecule has 0 aliphatic rings. The third-order valence-corrected chi connectivity index (χ3v) is 4.76. The maximum atomic E-state index is 14.3. The summed E-state index contributed by atoms with van der Waals surface area (Å²) in [5.74, 6) is -0.257. The monoisotopic (exact) mass is 347 g/mol. The highest BCUT2D eigenvalue weighted by molar-refractivity contribution is 6.33. The van der Waals surface area contributed by atoms with E-state index in [-0.39, 0.29) is 16.5 Å². The topological polar surface area (TPSA) is 26.0 Å². The largest absolute Gasteiger partial charge is 0.435 e. The molecule has 1 heterocycles. The van der Waals surface area contributed by atoms with E-state index < -0.39 is 5.82 Å². The fourth-order valence-electron chi connectivity index (χ4n) is 3.33. The van der Waals surface area contributed by atoms with Gasteiger partial charge < -0.3 is 4.42 Å². The summed E-state index contributed by atoms with van der Waals surface area (Å²) in [6, 6.07) is 20.5. The first-order chi connectivity index (χ1) is 12.2. The molecule has 0 amide bonds. The van der Waals surface area contributed by atoms with Gasteiger partial charge in [0.25, 0.3) is 0 Å². The van der Waals surface area contributed by atoms with Crippen molar-refractivity contribution in [3.63, 3.8) is 0 Å². The molecule has 0 atom stereocenters. The molecular weight excluding hydrogens is 337 g/mol. The molecule has 5 aromatic rings. The van der Waals surface area contributed by atoms with Gasteiger partial charge in [-0.3, -0.25) is 0 Å². The molecule has 4 heteroatoms. The number of hydrogen-bond acceptors (Lipinski definition) is 2. The predicted octanol–water partition coefficient (Wildman–Crippen LogP) is 6.59. The Hall–Kier alpha value is -2.91. The maximum absolute atomic E-state index is 14.3. The highest BCUT2D eigenvalue weighted by Gasteiger charge is 2.19. The molecule has 1 aromatic heterocycles. The van der Waals surface area contributed by atoms with Gasteiger partial charge in [0, 0.05) is 10.8 Å². The van der Waals surface area contributed by atoms with E-state index in [1.54, 1.807) is 12.1 Å². The fourth-order valence-corrected chi connectivity index (χ4v) is 3.58. The SMILES string of the molecule is Fc1cccc(Cl)c1-c1nc2c3ccccc3c3ccccc3c2o1. The molecule has 0 aliphatic carbocycles. The fraction of sp³-hybridized carbons (Fsp3) is 0. The van der Waals surface area contributed by atoms with Crippen molar-refractivity contribution in [2.75, 3.05) is 0 Å². The van der Waals surface area contributed by atoms with E-state index in [1.165, 1.54) is 6.07 Å². The molecule has 0 spiro atoms. The summed E-state index contributed by atoms with van der Waals surface area (Å²) in [6.45, 7) is 0. The zero-order chi connectivity index (χ0) is 17.0. The van der Waals surface area contributed by atoms with Gasteiger partial charge in [0.1, 0.15) is 11.3 Å². The summed E-state index contributed by atoms with van der Waals surface area (Å²) in [7, 11) is 0. The normalized spacial score (nSPS) is 11.6. The molecule has 0 fully saturated rings. The van der Waals surface area contributed by atoms with Crippen LogP contribution in [0.4, 0.5) is 4.39 Å². The summed E-state index contributed by atoms with van der Waals surface area (Å²) in [5.41, 5.74) is 1.54. The van der Waals surface area contributed by atoms with Crippen LogP contribution in [0.5, 0.6) is 0 Å². The summed E-state index contributed by atoms with van der Waals surface area (Å²) in [4.78, 5) is 4.59. The molecular formula is C21H11ClFNO. The Morgan fingerprint density at radius 2 is 1.40 bits per heavy atom. The average molecular weight is 348 g/mol. The van der Waals surface area contributed by atoms with E-state index in [0.717, 1.165) is 21.5 Å². The summed E-state index contributed by atoms with van der Waals surface area (Å²) in [5, 5.41) is 4.36. The van der Waals surface area contributed by atoms with Crippen LogP contribution in [0.25, 0.3) is 44.1 Å². The van der Waals surface area contributed by atoms with E-state index in [0.29, 0.717) is 11.1 Å². The van der Waals surface area contributed by atoms with Crippen LogP contribution in [0, 0.1) is 5.82 Å². The van der Waals surface area contributed by atoms with Gasteiger partial charge in [-0.1, -0.05) is 66.2 Å². The molecule has 0 unspecified atom stereocenters. The lowest BCUT2D eigenvalue weighted by molar-refractivity contribution is 0.595. The van der Waals surface area contributed by atoms with Gasteiger partial charge in [0.15, 0.2) is 5.58 Å². The average Bonchev–Trinajstić information content (AvgIpc) is 3.07. The van der Waals surface area contributed by atoms with Crippen LogP contribution in [0.15, 0.2) is 71.1 Å². The summed E-state index contributed by atoms with van der Waals surface area (Å²) < 4.78 is 20.3. The Bertz CT molecular complexity index is 1180. The van der Waals surface area contributed by atoms with Gasteiger partial charge in [0.2, 0.25) is 5.89 Å². The lowest BCUT2D eigenvalue weighted by Gasteiger charge is -2.04. The van der Waals surface area contributed by atoms with Gasteiger partial charge in [-0.2, -0.15) is 0 Å². The minimum Gasteiger partial charge on any atom is -0.435 e. The lowest BCUT2D eigenvalue weighted by atomic mass is 10.0. The first kappa shape index (κ1) is 14.4. The Morgan fingerprint density at radius 1 is 0.760 bits per heavy atom. The number of nitrogens with zero attached hydrogens (tertiary/aromatic N) is 1. The second kappa shape index (κ2) is 5.30. The summed E-state index contributed by atoms with van der Waals surface area (Å²) >= 11 is 6.19. The van der Waals surface area contributed by atoms with Gasteiger partial charge in [0.05, 0.1) is 10.6 Å². The Balaban J connectivity index is 1.98. The number of halogens is 2. The standard InChI is InChI=1S/C21H11ClFNO/c22-16-10-5-11-17(23)18(16)21-24-19-14-8-3-1-6-12(14)13-7-2-4-9-15(13)20(19)25-21/h1-11H. The molecule has 25 heavy (non-hydrogen) atoms. The number of aromatic nitrogens is 1. The van der Waals surface area contributed by atoms with Crippen molar-refractivity contribution >= 4 is 44.2 Å². The molecule has 0 saturated heterocycles. The second-order valence-electron chi connectivity index (χ2n) is 5.88. The minimum absolute atomic E-state index is 0.188. The van der Waals surface area contributed by atoms with Crippen molar-refractivity contribution in [2.24, 2.45) is 0 Å². The van der Waals surface area contributed by atoms with Crippen molar-refractivity contribution in [2.45, 2.75) is 0 Å². The predicted molar refractivity (Wildman–Crippen MR) is 99.4 cm³/mol. The lowest BCUT2D eigenvalue weighted by Crippen LogP contribution is -1.85. The quantitative estimate of drug-likeness (QED) is 0.319. The van der Waals surface area contributed by atoms with Crippen LogP contribution < -0.4 is 0 Å². The number of rotatable bonds is 1. The third-order valence-electron chi connectivity index (χ3n) is 4.45. The Morgan fingerprint density at radius 3 is 2.12 bits per heavy atom. The van der Waals surface area contributed by atoms with Crippen molar-refractivity contribution in [1.29, 1.82) is 0 Å². The van der Waals surface area contributed by atoms with Gasteiger partial charge in [-0.15, -0.1) is 0 Å². The molecule has 0 radical (unpaired) electrons. The van der Waals surface area contributed by atoms with Crippen LogP contribution in [-0.4, -0.2) is 4.98 Å². The van der Waals surface area contributed by atoms with E-state index in [1.807, 2.05) is 36.4 Å². The van der Waals surface area contributed by atoms with Gasteiger partial charge >= 0.3 is 0 Å². The number of fused-ring (bicyclic) bond motifs is 6. The number of benzene rings is 4. The second-order valence-corrected chi connectivity index (χ2v) is 6.29. The minimum atomic E-state index is -0.451. The van der Waals surface area contributed by atoms with E-state index in [2.05, 4.69) is 17.1 Å². The first-order valence-electron chi connectivity index (χ1n) is 7.88. The Labute approximate surface area is 147 Å². The van der Waals surface area contributed by atoms with E-state index >= 15 is 0 Å². The molecule has 5 rings (SSSR count). The molecule has 2 nitrogen and oxygen atoms in total. The van der Waals surface area contributed by atoms with Crippen molar-refractivity contribution in [1.82, 2.24) is 4.98 Å². The molecule has 4 aromatic carbocycles. The maximum Gasteiger partial charge on any atom is 0.231 e. The smallest absolute Gasteiger partial charge is 0.231 e. The highest BCUT2D eigenvalue weighted by atomic mass is 35.5. The molecule has 0 bridgehead atoms. The number of oxazole rings is 1. The molecule has 0 N–H and O–H groups in total. The number of hydrogen-bond donors (Lipinski definition) is 0. The van der Waals surface area contributed by atoms with Crippen molar-refractivity contribution < 1.29 is 8.81 Å². The van der Waals surface area contributed by atoms with Crippen LogP contribution in [0.1, 0.15) is 0 Å². The van der Waals surface area contributed by atoms with E-state index in [4.69, 9.17) is 16.0 Å². The first-order valence-corrected chi connectivity index (χ1v) is 8.26. The highest BCUT2D eigenvalue weighted by Crippen LogP contribution is 2.38. The van der Waals surface area contributed by atoms with Gasteiger partial charge in [-0.25, -0.2) is 9.37 Å². The molecule has 0 saturated carbocycles. The molecule has 120 valence electrons. The van der Waals surface area contributed by atoms with Crippen molar-refractivity contribution in [3.8, 4) is 11.5 Å². The van der Waals surface area contributed by atoms with Crippen LogP contribution in [-0.2, 0) is 0 Å². The van der Waals surface area contributed by atoms with Gasteiger partial charge in [-0.05, 0) is 22.9 Å². The van der Waals surface area contributed by atoms with Crippen LogP contribution >= 0.6 is 11.6 Å². The van der Waals surface area contributed by atoms with Crippen LogP contribution in [0.2, 0.25) is 5.02 Å². The third kappa shape index (κ3) is 2.06. The van der Waals surface area contributed by atoms with E-state index in [9.17, 15) is 4.39 Å². The molecule has 0 aliphatic heterocycles. The Kier molecular flexibility index (Phi) is 3.06.